The number of nitrogens with one attached hydrogen (secondary N) is 1. The first kappa shape index (κ1) is 18.3. The van der Waals surface area contributed by atoms with Gasteiger partial charge < -0.3 is 10.1 Å². The van der Waals surface area contributed by atoms with Crippen LogP contribution in [0, 0.1) is 12.8 Å². The minimum atomic E-state index is -0.682. The highest BCUT2D eigenvalue weighted by atomic mass is 16.5. The Morgan fingerprint density at radius 3 is 2.60 bits per heavy atom. The molecule has 0 bridgehead atoms. The van der Waals surface area contributed by atoms with Crippen LogP contribution in [0.1, 0.15) is 25.2 Å². The number of rotatable bonds is 7. The third kappa shape index (κ3) is 5.52. The smallest absolute Gasteiger partial charge is 0.357 e. The second-order valence-electron chi connectivity index (χ2n) is 5.85. The van der Waals surface area contributed by atoms with Crippen LogP contribution in [0.5, 0.6) is 0 Å². The van der Waals surface area contributed by atoms with Crippen LogP contribution in [0.4, 0.5) is 0 Å². The monoisotopic (exact) mass is 343 g/mol. The lowest BCUT2D eigenvalue weighted by molar-refractivity contribution is -0.143. The van der Waals surface area contributed by atoms with E-state index < -0.39 is 5.97 Å². The van der Waals surface area contributed by atoms with Gasteiger partial charge in [0, 0.05) is 6.54 Å². The number of tetrazole rings is 1. The van der Waals surface area contributed by atoms with Crippen LogP contribution in [0.25, 0.3) is 11.8 Å². The number of carbonyl (C=O) groups is 2. The zero-order valence-electron chi connectivity index (χ0n) is 14.5. The van der Waals surface area contributed by atoms with Gasteiger partial charge in [0.25, 0.3) is 5.91 Å². The van der Waals surface area contributed by atoms with Crippen molar-refractivity contribution in [3.05, 3.63) is 41.7 Å². The first-order valence-corrected chi connectivity index (χ1v) is 7.93. The zero-order valence-corrected chi connectivity index (χ0v) is 14.5. The fourth-order valence-corrected chi connectivity index (χ4v) is 1.94. The van der Waals surface area contributed by atoms with Crippen molar-refractivity contribution in [1.29, 1.82) is 0 Å². The van der Waals surface area contributed by atoms with Gasteiger partial charge in [-0.3, -0.25) is 4.79 Å². The van der Waals surface area contributed by atoms with Gasteiger partial charge in [-0.1, -0.05) is 44.2 Å². The Labute approximate surface area is 145 Å². The van der Waals surface area contributed by atoms with Crippen LogP contribution >= 0.6 is 0 Å². The van der Waals surface area contributed by atoms with E-state index in [9.17, 15) is 9.59 Å². The van der Waals surface area contributed by atoms with Gasteiger partial charge in [0.1, 0.15) is 0 Å². The predicted octanol–water partition coefficient (Wildman–Crippen LogP) is 1.30. The van der Waals surface area contributed by atoms with E-state index in [1.165, 1.54) is 4.68 Å². The quantitative estimate of drug-likeness (QED) is 0.601. The Morgan fingerprint density at radius 1 is 1.28 bits per heavy atom. The summed E-state index contributed by atoms with van der Waals surface area (Å²) in [7, 11) is 0. The Morgan fingerprint density at radius 2 is 2.00 bits per heavy atom. The van der Waals surface area contributed by atoms with Gasteiger partial charge in [-0.2, -0.15) is 4.68 Å². The summed E-state index contributed by atoms with van der Waals surface area (Å²) in [6, 6.07) is 9.24. The number of ether oxygens (including phenoxy) is 1. The molecule has 1 amide bonds. The molecule has 0 aliphatic heterocycles. The molecule has 1 aromatic heterocycles. The third-order valence-corrected chi connectivity index (χ3v) is 3.21. The van der Waals surface area contributed by atoms with Gasteiger partial charge in [0.05, 0.1) is 0 Å². The van der Waals surface area contributed by atoms with E-state index in [2.05, 4.69) is 20.8 Å². The van der Waals surface area contributed by atoms with Crippen LogP contribution < -0.4 is 5.32 Å². The van der Waals surface area contributed by atoms with Crippen molar-refractivity contribution < 1.29 is 14.3 Å². The summed E-state index contributed by atoms with van der Waals surface area (Å²) >= 11 is 0. The molecule has 0 fully saturated rings. The topological polar surface area (TPSA) is 99.0 Å². The van der Waals surface area contributed by atoms with E-state index in [0.29, 0.717) is 18.3 Å². The first-order chi connectivity index (χ1) is 12.0. The molecule has 0 aliphatic rings. The molecule has 1 aromatic carbocycles. The molecule has 25 heavy (non-hydrogen) atoms. The number of aromatic nitrogens is 4. The molecule has 132 valence electrons. The average molecular weight is 343 g/mol. The summed E-state index contributed by atoms with van der Waals surface area (Å²) in [5.41, 5.74) is 0.916. The maximum Gasteiger partial charge on any atom is 0.357 e. The number of aryl methyl sites for hydroxylation is 1. The summed E-state index contributed by atoms with van der Waals surface area (Å²) in [6.07, 6.45) is 1.61. The minimum Gasteiger partial charge on any atom is -0.451 e. The highest BCUT2D eigenvalue weighted by Gasteiger charge is 2.19. The van der Waals surface area contributed by atoms with E-state index in [1.54, 1.807) is 13.0 Å². The number of amides is 1. The summed E-state index contributed by atoms with van der Waals surface area (Å²) in [5, 5.41) is 13.8. The molecule has 8 nitrogen and oxygen atoms in total. The molecular weight excluding hydrogens is 322 g/mol. The van der Waals surface area contributed by atoms with E-state index in [4.69, 9.17) is 4.74 Å². The lowest BCUT2D eigenvalue weighted by Gasteiger charge is -2.10. The minimum absolute atomic E-state index is 0.130. The molecule has 0 radical (unpaired) electrons. The molecule has 0 atom stereocenters. The number of nitrogens with zero attached hydrogens (tertiary/aromatic N) is 4. The zero-order chi connectivity index (χ0) is 18.2. The maximum absolute atomic E-state index is 12.5. The van der Waals surface area contributed by atoms with Crippen molar-refractivity contribution in [2.45, 2.75) is 20.8 Å². The molecule has 0 spiro atoms. The Hall–Kier alpha value is -3.03. The van der Waals surface area contributed by atoms with Gasteiger partial charge in [0.15, 0.2) is 18.1 Å². The van der Waals surface area contributed by atoms with Crippen molar-refractivity contribution in [2.24, 2.45) is 5.92 Å². The van der Waals surface area contributed by atoms with Crippen LogP contribution in [0.2, 0.25) is 0 Å². The fraction of sp³-hybridized carbons (Fsp3) is 0.353. The number of hydrogen-bond donors (Lipinski definition) is 1. The molecule has 1 heterocycles. The average Bonchev–Trinajstić information content (AvgIpc) is 3.02. The number of esters is 1. The summed E-state index contributed by atoms with van der Waals surface area (Å²) in [4.78, 5) is 24.2. The lowest BCUT2D eigenvalue weighted by Crippen LogP contribution is -2.32. The van der Waals surface area contributed by atoms with Crippen molar-refractivity contribution in [3.8, 4) is 0 Å². The highest BCUT2D eigenvalue weighted by molar-refractivity contribution is 6.15. The molecule has 8 heteroatoms. The van der Waals surface area contributed by atoms with Crippen molar-refractivity contribution in [1.82, 2.24) is 25.5 Å². The van der Waals surface area contributed by atoms with Crippen LogP contribution in [-0.2, 0) is 14.3 Å². The molecule has 0 saturated heterocycles. The molecule has 0 saturated carbocycles. The fourth-order valence-electron chi connectivity index (χ4n) is 1.94. The molecule has 2 aromatic rings. The first-order valence-electron chi connectivity index (χ1n) is 7.93. The predicted molar refractivity (Wildman–Crippen MR) is 92.0 cm³/mol. The number of hydrogen-bond acceptors (Lipinski definition) is 6. The second kappa shape index (κ2) is 8.72. The van der Waals surface area contributed by atoms with Gasteiger partial charge in [0.2, 0.25) is 0 Å². The van der Waals surface area contributed by atoms with Gasteiger partial charge in [-0.15, -0.1) is 5.10 Å². The normalized spacial score (nSPS) is 11.4. The van der Waals surface area contributed by atoms with Crippen molar-refractivity contribution >= 4 is 23.6 Å². The van der Waals surface area contributed by atoms with Crippen LogP contribution in [0.15, 0.2) is 30.3 Å². The molecule has 0 unspecified atom stereocenters. The standard InChI is InChI=1S/C17H21N5O3/c1-12(2)10-18-16(23)11-25-17(24)15(22-13(3)19-20-21-22)9-14-7-5-4-6-8-14/h4-9,12H,10-11H2,1-3H3,(H,18,23)/b15-9-. The third-order valence-electron chi connectivity index (χ3n) is 3.21. The maximum atomic E-state index is 12.5. The Balaban J connectivity index is 2.13. The SMILES string of the molecule is Cc1nnnn1/C(=C\c1ccccc1)C(=O)OCC(=O)NCC(C)C. The van der Waals surface area contributed by atoms with E-state index in [0.717, 1.165) is 5.56 Å². The summed E-state index contributed by atoms with van der Waals surface area (Å²) in [6.45, 7) is 5.79. The molecule has 1 N–H and O–H groups in total. The van der Waals surface area contributed by atoms with Gasteiger partial charge in [-0.25, -0.2) is 4.79 Å². The lowest BCUT2D eigenvalue weighted by atomic mass is 10.2. The van der Waals surface area contributed by atoms with Crippen molar-refractivity contribution in [3.63, 3.8) is 0 Å². The van der Waals surface area contributed by atoms with E-state index in [1.807, 2.05) is 44.2 Å². The molecule has 0 aliphatic carbocycles. The highest BCUT2D eigenvalue weighted by Crippen LogP contribution is 2.13. The van der Waals surface area contributed by atoms with Crippen molar-refractivity contribution in [2.75, 3.05) is 13.2 Å². The summed E-state index contributed by atoms with van der Waals surface area (Å²) < 4.78 is 6.39. The molecule has 2 rings (SSSR count). The number of benzene rings is 1. The second-order valence-corrected chi connectivity index (χ2v) is 5.85. The van der Waals surface area contributed by atoms with Crippen LogP contribution in [0.3, 0.4) is 0 Å². The largest absolute Gasteiger partial charge is 0.451 e. The van der Waals surface area contributed by atoms with Gasteiger partial charge in [-0.05, 0) is 34.9 Å². The van der Waals surface area contributed by atoms with E-state index >= 15 is 0 Å². The molecular formula is C17H21N5O3. The van der Waals surface area contributed by atoms with Crippen LogP contribution in [-0.4, -0.2) is 45.2 Å². The van der Waals surface area contributed by atoms with E-state index in [-0.39, 0.29) is 18.2 Å². The summed E-state index contributed by atoms with van der Waals surface area (Å²) in [5.74, 6) is -0.283. The Bertz CT molecular complexity index is 753. The number of carbonyl (C=O) groups excluding carboxylic acids is 2. The Kier molecular flexibility index (Phi) is 6.39. The van der Waals surface area contributed by atoms with Gasteiger partial charge >= 0.3 is 5.97 Å².